The van der Waals surface area contributed by atoms with Crippen LogP contribution in [0.1, 0.15) is 51.0 Å². The van der Waals surface area contributed by atoms with Crippen LogP contribution in [0.15, 0.2) is 42.5 Å². The molecule has 3 nitrogen and oxygen atoms in total. The lowest BCUT2D eigenvalue weighted by Crippen LogP contribution is -2.04. The first-order chi connectivity index (χ1) is 10.2. The molecule has 0 amide bonds. The van der Waals surface area contributed by atoms with Gasteiger partial charge in [-0.15, -0.1) is 0 Å². The molecule has 0 saturated heterocycles. The molecule has 1 N–H and O–H groups in total. The number of rotatable bonds is 10. The maximum atomic E-state index is 11.6. The van der Waals surface area contributed by atoms with Crippen molar-refractivity contribution < 1.29 is 14.6 Å². The maximum Gasteiger partial charge on any atom is 0.306 e. The van der Waals surface area contributed by atoms with Crippen LogP contribution in [0.3, 0.4) is 0 Å². The van der Waals surface area contributed by atoms with Gasteiger partial charge in [-0.25, -0.2) is 0 Å². The number of esters is 1. The van der Waals surface area contributed by atoms with Crippen molar-refractivity contribution in [1.29, 1.82) is 0 Å². The number of benzene rings is 1. The van der Waals surface area contributed by atoms with Gasteiger partial charge in [0.2, 0.25) is 0 Å². The lowest BCUT2D eigenvalue weighted by Gasteiger charge is -2.05. The van der Waals surface area contributed by atoms with E-state index in [4.69, 9.17) is 4.74 Å². The molecule has 0 saturated carbocycles. The summed E-state index contributed by atoms with van der Waals surface area (Å²) in [5.74, 6) is -0.205. The molecule has 1 atom stereocenters. The zero-order valence-corrected chi connectivity index (χ0v) is 12.8. The Labute approximate surface area is 127 Å². The van der Waals surface area contributed by atoms with Crippen LogP contribution in [0.4, 0.5) is 0 Å². The van der Waals surface area contributed by atoms with Gasteiger partial charge in [0.25, 0.3) is 0 Å². The summed E-state index contributed by atoms with van der Waals surface area (Å²) >= 11 is 0. The van der Waals surface area contributed by atoms with Crippen LogP contribution in [0.25, 0.3) is 0 Å². The van der Waals surface area contributed by atoms with Crippen LogP contribution < -0.4 is 0 Å². The van der Waals surface area contributed by atoms with Gasteiger partial charge < -0.3 is 9.84 Å². The van der Waals surface area contributed by atoms with Crippen LogP contribution in [0.2, 0.25) is 0 Å². The van der Waals surface area contributed by atoms with E-state index in [2.05, 4.69) is 6.92 Å². The van der Waals surface area contributed by atoms with Gasteiger partial charge >= 0.3 is 5.97 Å². The Morgan fingerprint density at radius 1 is 1.29 bits per heavy atom. The summed E-state index contributed by atoms with van der Waals surface area (Å²) in [6.45, 7) is 2.46. The van der Waals surface area contributed by atoms with E-state index in [0.717, 1.165) is 31.2 Å². The van der Waals surface area contributed by atoms with E-state index < -0.39 is 6.10 Å². The van der Waals surface area contributed by atoms with Gasteiger partial charge in [-0.1, -0.05) is 68.7 Å². The Morgan fingerprint density at radius 2 is 2.05 bits per heavy atom. The minimum absolute atomic E-state index is 0.205. The summed E-state index contributed by atoms with van der Waals surface area (Å²) in [4.78, 5) is 11.6. The highest BCUT2D eigenvalue weighted by Gasteiger charge is 2.02. The molecule has 0 aliphatic rings. The predicted molar refractivity (Wildman–Crippen MR) is 84.8 cm³/mol. The number of carbonyl (C=O) groups excluding carboxylic acids is 1. The summed E-state index contributed by atoms with van der Waals surface area (Å²) in [6.07, 6.45) is 8.35. The normalized spacial score (nSPS) is 12.5. The molecule has 1 unspecified atom stereocenters. The molecule has 116 valence electrons. The van der Waals surface area contributed by atoms with Crippen LogP contribution in [-0.4, -0.2) is 17.2 Å². The molecule has 0 aliphatic heterocycles. The van der Waals surface area contributed by atoms with Gasteiger partial charge in [0.05, 0.1) is 6.10 Å². The fourth-order valence-corrected chi connectivity index (χ4v) is 1.96. The summed E-state index contributed by atoms with van der Waals surface area (Å²) in [7, 11) is 0. The molecule has 0 aliphatic carbocycles. The summed E-state index contributed by atoms with van der Waals surface area (Å²) in [5, 5.41) is 9.69. The first kappa shape index (κ1) is 17.4. The van der Waals surface area contributed by atoms with E-state index in [9.17, 15) is 9.90 Å². The van der Waals surface area contributed by atoms with Crippen molar-refractivity contribution >= 4 is 5.97 Å². The number of carbonyl (C=O) groups is 1. The lowest BCUT2D eigenvalue weighted by atomic mass is 10.1. The molecule has 1 aromatic carbocycles. The Kier molecular flexibility index (Phi) is 9.21. The highest BCUT2D eigenvalue weighted by molar-refractivity contribution is 5.69. The summed E-state index contributed by atoms with van der Waals surface area (Å²) in [6, 6.07) is 9.64. The predicted octanol–water partition coefficient (Wildman–Crippen LogP) is 4.01. The molecule has 0 spiro atoms. The van der Waals surface area contributed by atoms with Gasteiger partial charge in [0.15, 0.2) is 0 Å². The first-order valence-corrected chi connectivity index (χ1v) is 7.76. The van der Waals surface area contributed by atoms with E-state index in [1.54, 1.807) is 6.08 Å². The van der Waals surface area contributed by atoms with Gasteiger partial charge in [0, 0.05) is 6.42 Å². The van der Waals surface area contributed by atoms with Crippen molar-refractivity contribution in [3.05, 3.63) is 48.0 Å². The van der Waals surface area contributed by atoms with Crippen molar-refractivity contribution in [3.8, 4) is 0 Å². The van der Waals surface area contributed by atoms with E-state index in [1.165, 1.54) is 0 Å². The van der Waals surface area contributed by atoms with Crippen LogP contribution >= 0.6 is 0 Å². The minimum atomic E-state index is -0.392. The van der Waals surface area contributed by atoms with Crippen molar-refractivity contribution in [2.75, 3.05) is 0 Å². The second-order valence-corrected chi connectivity index (χ2v) is 5.18. The molecular formula is C18H26O3. The average Bonchev–Trinajstić information content (AvgIpc) is 2.51. The monoisotopic (exact) mass is 290 g/mol. The molecule has 0 radical (unpaired) electrons. The second kappa shape index (κ2) is 11.1. The fourth-order valence-electron chi connectivity index (χ4n) is 1.96. The van der Waals surface area contributed by atoms with Gasteiger partial charge in [-0.3, -0.25) is 4.79 Å². The standard InChI is InChI=1S/C18H26O3/c1-2-3-5-12-17(19)13-8-9-14-18(20)21-15-16-10-6-4-7-11-16/h4,6-8,10-11,13,17,19H,2-3,5,9,12,14-15H2,1H3/b13-8+. The molecule has 0 heterocycles. The zero-order chi connectivity index (χ0) is 15.3. The summed E-state index contributed by atoms with van der Waals surface area (Å²) in [5.41, 5.74) is 0.993. The third-order valence-electron chi connectivity index (χ3n) is 3.22. The molecule has 1 rings (SSSR count). The first-order valence-electron chi connectivity index (χ1n) is 7.76. The quantitative estimate of drug-likeness (QED) is 0.402. The van der Waals surface area contributed by atoms with Crippen molar-refractivity contribution in [3.63, 3.8) is 0 Å². The van der Waals surface area contributed by atoms with Crippen molar-refractivity contribution in [1.82, 2.24) is 0 Å². The molecule has 0 aromatic heterocycles. The molecule has 3 heteroatoms. The molecule has 0 fully saturated rings. The molecule has 1 aromatic rings. The van der Waals surface area contributed by atoms with Crippen LogP contribution in [-0.2, 0) is 16.1 Å². The third kappa shape index (κ3) is 9.03. The topological polar surface area (TPSA) is 46.5 Å². The summed E-state index contributed by atoms with van der Waals surface area (Å²) < 4.78 is 5.18. The fraction of sp³-hybridized carbons (Fsp3) is 0.500. The number of ether oxygens (including phenoxy) is 1. The minimum Gasteiger partial charge on any atom is -0.461 e. The largest absolute Gasteiger partial charge is 0.461 e. The molecule has 0 bridgehead atoms. The van der Waals surface area contributed by atoms with Crippen molar-refractivity contribution in [2.45, 2.75) is 58.2 Å². The van der Waals surface area contributed by atoms with Gasteiger partial charge in [0.1, 0.15) is 6.61 Å². The van der Waals surface area contributed by atoms with E-state index in [0.29, 0.717) is 19.4 Å². The average molecular weight is 290 g/mol. The smallest absolute Gasteiger partial charge is 0.306 e. The number of unbranched alkanes of at least 4 members (excludes halogenated alkanes) is 2. The molecule has 21 heavy (non-hydrogen) atoms. The third-order valence-corrected chi connectivity index (χ3v) is 3.22. The maximum absolute atomic E-state index is 11.6. The van der Waals surface area contributed by atoms with E-state index in [1.807, 2.05) is 36.4 Å². The number of hydrogen-bond donors (Lipinski definition) is 1. The molecular weight excluding hydrogens is 264 g/mol. The Bertz CT molecular complexity index is 412. The van der Waals surface area contributed by atoms with Crippen molar-refractivity contribution in [2.24, 2.45) is 0 Å². The zero-order valence-electron chi connectivity index (χ0n) is 12.8. The van der Waals surface area contributed by atoms with Crippen LogP contribution in [0, 0.1) is 0 Å². The Hall–Kier alpha value is -1.61. The van der Waals surface area contributed by atoms with Crippen LogP contribution in [0.5, 0.6) is 0 Å². The van der Waals surface area contributed by atoms with E-state index >= 15 is 0 Å². The SMILES string of the molecule is CCCCCC(O)/C=C/CCC(=O)OCc1ccccc1. The van der Waals surface area contributed by atoms with E-state index in [-0.39, 0.29) is 5.97 Å². The lowest BCUT2D eigenvalue weighted by molar-refractivity contribution is -0.144. The number of aliphatic hydroxyl groups is 1. The number of aliphatic hydroxyl groups excluding tert-OH is 1. The number of allylic oxidation sites excluding steroid dienone is 1. The Morgan fingerprint density at radius 3 is 2.76 bits per heavy atom. The van der Waals surface area contributed by atoms with Gasteiger partial charge in [-0.2, -0.15) is 0 Å². The number of hydrogen-bond acceptors (Lipinski definition) is 3. The Balaban J connectivity index is 2.10. The highest BCUT2D eigenvalue weighted by atomic mass is 16.5. The highest BCUT2D eigenvalue weighted by Crippen LogP contribution is 2.06. The van der Waals surface area contributed by atoms with Gasteiger partial charge in [-0.05, 0) is 18.4 Å². The second-order valence-electron chi connectivity index (χ2n) is 5.18.